The quantitative estimate of drug-likeness (QED) is 0.485. The topological polar surface area (TPSA) is 82.5 Å². The molecular formula is C21H19BrClN3O4. The van der Waals surface area contributed by atoms with Gasteiger partial charge in [0.2, 0.25) is 0 Å². The molecule has 1 unspecified atom stereocenters. The first-order valence-electron chi connectivity index (χ1n) is 8.99. The zero-order valence-corrected chi connectivity index (χ0v) is 18.4. The van der Waals surface area contributed by atoms with Crippen molar-refractivity contribution in [1.29, 1.82) is 0 Å². The van der Waals surface area contributed by atoms with Gasteiger partial charge in [-0.2, -0.15) is 0 Å². The number of hydrogen-bond acceptors (Lipinski definition) is 5. The van der Waals surface area contributed by atoms with E-state index in [1.165, 1.54) is 0 Å². The molecule has 0 radical (unpaired) electrons. The molecule has 3 rings (SSSR count). The molecule has 1 amide bonds. The molecular weight excluding hydrogens is 474 g/mol. The van der Waals surface area contributed by atoms with Crippen LogP contribution in [0.2, 0.25) is 5.02 Å². The minimum absolute atomic E-state index is 0.338. The van der Waals surface area contributed by atoms with E-state index < -0.39 is 24.5 Å². The SMILES string of the molecule is Cn1ccnc1C(NC(=O)COC(=O)COc1ccc(Cl)cc1Br)c1ccccc1. The molecule has 1 aromatic heterocycles. The Morgan fingerprint density at radius 1 is 1.20 bits per heavy atom. The summed E-state index contributed by atoms with van der Waals surface area (Å²) in [6, 6.07) is 13.9. The molecule has 0 bridgehead atoms. The Balaban J connectivity index is 1.55. The first kappa shape index (κ1) is 21.9. The van der Waals surface area contributed by atoms with Crippen LogP contribution in [-0.4, -0.2) is 34.6 Å². The monoisotopic (exact) mass is 491 g/mol. The minimum atomic E-state index is -0.666. The van der Waals surface area contributed by atoms with E-state index in [0.717, 1.165) is 5.56 Å². The van der Waals surface area contributed by atoms with Gasteiger partial charge in [-0.3, -0.25) is 4.79 Å². The summed E-state index contributed by atoms with van der Waals surface area (Å²) in [7, 11) is 1.84. The van der Waals surface area contributed by atoms with E-state index in [1.807, 2.05) is 41.9 Å². The van der Waals surface area contributed by atoms with Crippen molar-refractivity contribution < 1.29 is 19.1 Å². The number of carbonyl (C=O) groups is 2. The van der Waals surface area contributed by atoms with E-state index in [9.17, 15) is 9.59 Å². The van der Waals surface area contributed by atoms with Crippen molar-refractivity contribution in [3.8, 4) is 5.75 Å². The highest BCUT2D eigenvalue weighted by molar-refractivity contribution is 9.10. The van der Waals surface area contributed by atoms with Crippen LogP contribution in [0.1, 0.15) is 17.4 Å². The second kappa shape index (κ2) is 10.3. The van der Waals surface area contributed by atoms with Crippen LogP contribution in [-0.2, 0) is 21.4 Å². The molecule has 0 spiro atoms. The molecule has 0 saturated heterocycles. The lowest BCUT2D eigenvalue weighted by molar-refractivity contribution is -0.150. The van der Waals surface area contributed by atoms with E-state index in [0.29, 0.717) is 21.1 Å². The van der Waals surface area contributed by atoms with Crippen LogP contribution in [0.4, 0.5) is 0 Å². The number of aromatic nitrogens is 2. The summed E-state index contributed by atoms with van der Waals surface area (Å²) in [5.41, 5.74) is 0.863. The standard InChI is InChI=1S/C21H19BrClN3O4/c1-26-10-9-24-21(26)20(14-5-3-2-4-6-14)25-18(27)12-30-19(28)13-29-17-8-7-15(23)11-16(17)22/h2-11,20H,12-13H2,1H3,(H,25,27). The van der Waals surface area contributed by atoms with Gasteiger partial charge in [0.25, 0.3) is 5.91 Å². The summed E-state index contributed by atoms with van der Waals surface area (Å²) in [5.74, 6) is -0.00958. The number of nitrogens with one attached hydrogen (secondary N) is 1. The molecule has 0 fully saturated rings. The number of benzene rings is 2. The summed E-state index contributed by atoms with van der Waals surface area (Å²) in [5, 5.41) is 3.39. The molecule has 1 N–H and O–H groups in total. The van der Waals surface area contributed by atoms with Crippen molar-refractivity contribution in [3.05, 3.63) is 81.8 Å². The lowest BCUT2D eigenvalue weighted by atomic mass is 10.1. The third-order valence-electron chi connectivity index (χ3n) is 4.16. The number of aryl methyl sites for hydroxylation is 1. The molecule has 2 aromatic carbocycles. The fourth-order valence-electron chi connectivity index (χ4n) is 2.72. The van der Waals surface area contributed by atoms with E-state index in [-0.39, 0.29) is 6.61 Å². The number of ether oxygens (including phenoxy) is 2. The number of imidazole rings is 1. The maximum absolute atomic E-state index is 12.4. The van der Waals surface area contributed by atoms with Crippen LogP contribution >= 0.6 is 27.5 Å². The predicted octanol–water partition coefficient (Wildman–Crippen LogP) is 3.66. The van der Waals surface area contributed by atoms with Gasteiger partial charge in [0, 0.05) is 24.5 Å². The van der Waals surface area contributed by atoms with Gasteiger partial charge < -0.3 is 19.4 Å². The number of hydrogen-bond donors (Lipinski definition) is 1. The fourth-order valence-corrected chi connectivity index (χ4v) is 3.51. The van der Waals surface area contributed by atoms with Gasteiger partial charge in [0.1, 0.15) is 17.6 Å². The van der Waals surface area contributed by atoms with Gasteiger partial charge in [-0.05, 0) is 39.7 Å². The summed E-state index contributed by atoms with van der Waals surface area (Å²) in [6.07, 6.45) is 3.45. The van der Waals surface area contributed by atoms with Gasteiger partial charge >= 0.3 is 5.97 Å². The lowest BCUT2D eigenvalue weighted by Crippen LogP contribution is -2.34. The van der Waals surface area contributed by atoms with Crippen molar-refractivity contribution in [2.45, 2.75) is 6.04 Å². The summed E-state index contributed by atoms with van der Waals surface area (Å²) < 4.78 is 12.8. The highest BCUT2D eigenvalue weighted by Crippen LogP contribution is 2.27. The first-order valence-corrected chi connectivity index (χ1v) is 10.2. The number of halogens is 2. The predicted molar refractivity (Wildman–Crippen MR) is 115 cm³/mol. The van der Waals surface area contributed by atoms with Crippen molar-refractivity contribution in [2.24, 2.45) is 7.05 Å². The van der Waals surface area contributed by atoms with Gasteiger partial charge in [-0.25, -0.2) is 9.78 Å². The normalized spacial score (nSPS) is 11.6. The van der Waals surface area contributed by atoms with Crippen LogP contribution in [0.5, 0.6) is 5.75 Å². The van der Waals surface area contributed by atoms with Crippen LogP contribution in [0.3, 0.4) is 0 Å². The molecule has 0 saturated carbocycles. The van der Waals surface area contributed by atoms with Gasteiger partial charge in [0.05, 0.1) is 4.47 Å². The molecule has 0 aliphatic heterocycles. The maximum atomic E-state index is 12.4. The number of esters is 1. The number of carbonyl (C=O) groups excluding carboxylic acids is 2. The zero-order chi connectivity index (χ0) is 21.5. The van der Waals surface area contributed by atoms with Crippen molar-refractivity contribution in [3.63, 3.8) is 0 Å². The van der Waals surface area contributed by atoms with E-state index >= 15 is 0 Å². The van der Waals surface area contributed by atoms with Gasteiger partial charge in [-0.1, -0.05) is 41.9 Å². The average Bonchev–Trinajstić information content (AvgIpc) is 3.16. The van der Waals surface area contributed by atoms with Gasteiger partial charge in [0.15, 0.2) is 13.2 Å². The molecule has 30 heavy (non-hydrogen) atoms. The van der Waals surface area contributed by atoms with Crippen LogP contribution in [0.25, 0.3) is 0 Å². The molecule has 9 heteroatoms. The third kappa shape index (κ3) is 5.84. The Bertz CT molecular complexity index is 1030. The Labute approximate surface area is 187 Å². The number of amides is 1. The highest BCUT2D eigenvalue weighted by Gasteiger charge is 2.21. The van der Waals surface area contributed by atoms with Crippen molar-refractivity contribution >= 4 is 39.4 Å². The molecule has 1 heterocycles. The summed E-state index contributed by atoms with van der Waals surface area (Å²) in [6.45, 7) is -0.771. The fraction of sp³-hybridized carbons (Fsp3) is 0.190. The second-order valence-electron chi connectivity index (χ2n) is 6.33. The third-order valence-corrected chi connectivity index (χ3v) is 5.01. The molecule has 1 atom stereocenters. The zero-order valence-electron chi connectivity index (χ0n) is 16.0. The van der Waals surface area contributed by atoms with Gasteiger partial charge in [-0.15, -0.1) is 0 Å². The summed E-state index contributed by atoms with van der Waals surface area (Å²) in [4.78, 5) is 28.7. The molecule has 156 valence electrons. The second-order valence-corrected chi connectivity index (χ2v) is 7.62. The Hall–Kier alpha value is -2.84. The van der Waals surface area contributed by atoms with Crippen molar-refractivity contribution in [2.75, 3.05) is 13.2 Å². The summed E-state index contributed by atoms with van der Waals surface area (Å²) >= 11 is 9.17. The Morgan fingerprint density at radius 2 is 1.97 bits per heavy atom. The molecule has 7 nitrogen and oxygen atoms in total. The Morgan fingerprint density at radius 3 is 2.63 bits per heavy atom. The molecule has 3 aromatic rings. The smallest absolute Gasteiger partial charge is 0.344 e. The van der Waals surface area contributed by atoms with Crippen molar-refractivity contribution in [1.82, 2.24) is 14.9 Å². The van der Waals surface area contributed by atoms with Crippen LogP contribution in [0, 0.1) is 0 Å². The minimum Gasteiger partial charge on any atom is -0.481 e. The molecule has 0 aliphatic rings. The highest BCUT2D eigenvalue weighted by atomic mass is 79.9. The first-order chi connectivity index (χ1) is 14.4. The molecule has 0 aliphatic carbocycles. The lowest BCUT2D eigenvalue weighted by Gasteiger charge is -2.19. The van der Waals surface area contributed by atoms with E-state index in [1.54, 1.807) is 30.6 Å². The van der Waals surface area contributed by atoms with Crippen LogP contribution in [0.15, 0.2) is 65.4 Å². The van der Waals surface area contributed by atoms with Crippen LogP contribution < -0.4 is 10.1 Å². The van der Waals surface area contributed by atoms with E-state index in [2.05, 4.69) is 26.2 Å². The number of nitrogens with zero attached hydrogens (tertiary/aromatic N) is 2. The number of rotatable bonds is 8. The Kier molecular flexibility index (Phi) is 7.48. The van der Waals surface area contributed by atoms with E-state index in [4.69, 9.17) is 21.1 Å². The maximum Gasteiger partial charge on any atom is 0.344 e. The largest absolute Gasteiger partial charge is 0.481 e. The average molecular weight is 493 g/mol.